The Morgan fingerprint density at radius 1 is 1.19 bits per heavy atom. The summed E-state index contributed by atoms with van der Waals surface area (Å²) in [5.74, 6) is 0.925. The number of hydrogen-bond donors (Lipinski definition) is 1. The van der Waals surface area contributed by atoms with E-state index in [-0.39, 0.29) is 0 Å². The van der Waals surface area contributed by atoms with Crippen LogP contribution in [0.2, 0.25) is 5.15 Å². The van der Waals surface area contributed by atoms with Crippen molar-refractivity contribution in [3.63, 3.8) is 0 Å². The molecule has 2 N–H and O–H groups in total. The van der Waals surface area contributed by atoms with Crippen LogP contribution in [0.3, 0.4) is 0 Å². The maximum absolute atomic E-state index is 6.04. The molecular formula is C16H15ClN4. The van der Waals surface area contributed by atoms with Gasteiger partial charge in [0, 0.05) is 11.8 Å². The molecule has 106 valence electrons. The Kier molecular flexibility index (Phi) is 2.86. The molecule has 0 bridgehead atoms. The number of nitrogens with zero attached hydrogens (tertiary/aromatic N) is 3. The molecule has 1 aliphatic carbocycles. The number of hydrogen-bond acceptors (Lipinski definition) is 3. The van der Waals surface area contributed by atoms with Gasteiger partial charge in [-0.2, -0.15) is 0 Å². The Morgan fingerprint density at radius 3 is 2.81 bits per heavy atom. The Balaban J connectivity index is 1.81. The molecule has 21 heavy (non-hydrogen) atoms. The highest BCUT2D eigenvalue weighted by molar-refractivity contribution is 6.29. The molecule has 0 fully saturated rings. The molecule has 1 atom stereocenters. The van der Waals surface area contributed by atoms with Crippen LogP contribution in [-0.2, 0) is 12.8 Å². The molecule has 0 amide bonds. The predicted octanol–water partition coefficient (Wildman–Crippen LogP) is 3.24. The average molecular weight is 299 g/mol. The fourth-order valence-electron chi connectivity index (χ4n) is 3.24. The van der Waals surface area contributed by atoms with Crippen LogP contribution >= 0.6 is 11.6 Å². The van der Waals surface area contributed by atoms with E-state index in [1.807, 2.05) is 4.40 Å². The Labute approximate surface area is 127 Å². The molecule has 4 rings (SSSR count). The van der Waals surface area contributed by atoms with Gasteiger partial charge in [-0.25, -0.2) is 9.97 Å². The highest BCUT2D eigenvalue weighted by Gasteiger charge is 2.25. The van der Waals surface area contributed by atoms with E-state index >= 15 is 0 Å². The zero-order chi connectivity index (χ0) is 14.4. The minimum atomic E-state index is 0.391. The summed E-state index contributed by atoms with van der Waals surface area (Å²) in [6, 6.07) is 12.4. The van der Waals surface area contributed by atoms with Gasteiger partial charge in [0.15, 0.2) is 0 Å². The van der Waals surface area contributed by atoms with Crippen LogP contribution in [0.5, 0.6) is 0 Å². The molecule has 0 saturated carbocycles. The smallest absolute Gasteiger partial charge is 0.207 e. The third kappa shape index (κ3) is 2.07. The van der Waals surface area contributed by atoms with Gasteiger partial charge in [0.2, 0.25) is 5.95 Å². The topological polar surface area (TPSA) is 56.2 Å². The lowest BCUT2D eigenvalue weighted by molar-refractivity contribution is 0.568. The van der Waals surface area contributed by atoms with Gasteiger partial charge in [0.25, 0.3) is 0 Å². The first-order valence-electron chi connectivity index (χ1n) is 7.09. The summed E-state index contributed by atoms with van der Waals surface area (Å²) in [6.45, 7) is 0. The lowest BCUT2D eigenvalue weighted by atomic mass is 9.84. The molecule has 1 unspecified atom stereocenters. The van der Waals surface area contributed by atoms with Crippen molar-refractivity contribution >= 4 is 23.2 Å². The van der Waals surface area contributed by atoms with Gasteiger partial charge < -0.3 is 5.73 Å². The maximum Gasteiger partial charge on any atom is 0.207 e. The van der Waals surface area contributed by atoms with E-state index < -0.39 is 0 Å². The van der Waals surface area contributed by atoms with Crippen molar-refractivity contribution in [2.75, 3.05) is 5.73 Å². The summed E-state index contributed by atoms with van der Waals surface area (Å²) in [7, 11) is 0. The van der Waals surface area contributed by atoms with Crippen molar-refractivity contribution in [1.82, 2.24) is 14.4 Å². The Bertz CT molecular complexity index is 810. The first-order valence-corrected chi connectivity index (χ1v) is 7.47. The number of aryl methyl sites for hydroxylation is 1. The van der Waals surface area contributed by atoms with E-state index in [1.54, 1.807) is 6.07 Å². The van der Waals surface area contributed by atoms with Crippen LogP contribution < -0.4 is 5.73 Å². The lowest BCUT2D eigenvalue weighted by Gasteiger charge is -2.22. The number of halogens is 1. The monoisotopic (exact) mass is 298 g/mol. The molecule has 1 aromatic carbocycles. The summed E-state index contributed by atoms with van der Waals surface area (Å²) in [4.78, 5) is 8.81. The van der Waals surface area contributed by atoms with Crippen molar-refractivity contribution in [2.45, 2.75) is 25.2 Å². The summed E-state index contributed by atoms with van der Waals surface area (Å²) in [6.07, 6.45) is 3.02. The van der Waals surface area contributed by atoms with Crippen LogP contribution in [0.25, 0.3) is 5.65 Å². The number of aromatic nitrogens is 3. The van der Waals surface area contributed by atoms with Crippen LogP contribution in [-0.4, -0.2) is 14.4 Å². The zero-order valence-electron chi connectivity index (χ0n) is 11.5. The van der Waals surface area contributed by atoms with Gasteiger partial charge in [0.05, 0.1) is 5.69 Å². The molecule has 0 saturated heterocycles. The van der Waals surface area contributed by atoms with E-state index in [1.165, 1.54) is 11.3 Å². The quantitative estimate of drug-likeness (QED) is 0.702. The summed E-state index contributed by atoms with van der Waals surface area (Å²) < 4.78 is 1.94. The third-order valence-corrected chi connectivity index (χ3v) is 4.41. The zero-order valence-corrected chi connectivity index (χ0v) is 12.2. The molecule has 4 nitrogen and oxygen atoms in total. The Hall–Kier alpha value is -2.07. The molecular weight excluding hydrogens is 284 g/mol. The molecule has 3 aromatic rings. The van der Waals surface area contributed by atoms with Gasteiger partial charge in [-0.15, -0.1) is 0 Å². The van der Waals surface area contributed by atoms with Crippen molar-refractivity contribution < 1.29 is 0 Å². The second-order valence-corrected chi connectivity index (χ2v) is 5.87. The van der Waals surface area contributed by atoms with Crippen molar-refractivity contribution in [3.8, 4) is 0 Å². The molecule has 0 radical (unpaired) electrons. The van der Waals surface area contributed by atoms with Crippen LogP contribution in [0, 0.1) is 0 Å². The predicted molar refractivity (Wildman–Crippen MR) is 83.6 cm³/mol. The molecule has 5 heteroatoms. The van der Waals surface area contributed by atoms with Gasteiger partial charge in [-0.05, 0) is 30.7 Å². The van der Waals surface area contributed by atoms with E-state index in [4.69, 9.17) is 17.3 Å². The summed E-state index contributed by atoms with van der Waals surface area (Å²) in [5.41, 5.74) is 10.5. The molecule has 2 heterocycles. The van der Waals surface area contributed by atoms with Crippen molar-refractivity contribution in [3.05, 3.63) is 58.5 Å². The first-order chi connectivity index (χ1) is 10.2. The number of rotatable bonds is 1. The Morgan fingerprint density at radius 2 is 2.00 bits per heavy atom. The second-order valence-electron chi connectivity index (χ2n) is 5.49. The van der Waals surface area contributed by atoms with Gasteiger partial charge in [0.1, 0.15) is 10.8 Å². The molecule has 2 aromatic heterocycles. The SMILES string of the molecule is Nc1nc(Cl)cc2nc3c(n12)CC(c1ccccc1)CC3. The summed E-state index contributed by atoms with van der Waals surface area (Å²) in [5, 5.41) is 0.391. The van der Waals surface area contributed by atoms with E-state index in [2.05, 4.69) is 40.3 Å². The van der Waals surface area contributed by atoms with Crippen molar-refractivity contribution in [2.24, 2.45) is 0 Å². The van der Waals surface area contributed by atoms with Gasteiger partial charge >= 0.3 is 0 Å². The number of nitrogen functional groups attached to an aromatic ring is 1. The average Bonchev–Trinajstić information content (AvgIpc) is 2.85. The number of anilines is 1. The number of benzene rings is 1. The standard InChI is InChI=1S/C16H15ClN4/c17-14-9-15-19-12-7-6-11(10-4-2-1-3-5-10)8-13(12)21(15)16(18)20-14/h1-5,9,11H,6-8H2,(H2,18,20). The fourth-order valence-corrected chi connectivity index (χ4v) is 3.42. The largest absolute Gasteiger partial charge is 0.369 e. The van der Waals surface area contributed by atoms with E-state index in [0.29, 0.717) is 17.0 Å². The maximum atomic E-state index is 6.04. The van der Waals surface area contributed by atoms with Crippen molar-refractivity contribution in [1.29, 1.82) is 0 Å². The molecule has 1 aliphatic rings. The minimum Gasteiger partial charge on any atom is -0.369 e. The van der Waals surface area contributed by atoms with Crippen LogP contribution in [0.4, 0.5) is 5.95 Å². The van der Waals surface area contributed by atoms with Gasteiger partial charge in [-0.3, -0.25) is 4.40 Å². The summed E-state index contributed by atoms with van der Waals surface area (Å²) >= 11 is 5.97. The number of fused-ring (bicyclic) bond motifs is 3. The van der Waals surface area contributed by atoms with Gasteiger partial charge in [-0.1, -0.05) is 41.9 Å². The molecule has 0 aliphatic heterocycles. The third-order valence-electron chi connectivity index (χ3n) is 4.22. The normalized spacial score (nSPS) is 17.9. The van der Waals surface area contributed by atoms with Crippen LogP contribution in [0.15, 0.2) is 36.4 Å². The fraction of sp³-hybridized carbons (Fsp3) is 0.250. The second kappa shape index (κ2) is 4.74. The highest BCUT2D eigenvalue weighted by Crippen LogP contribution is 2.33. The first kappa shape index (κ1) is 12.7. The van der Waals surface area contributed by atoms with E-state index in [0.717, 1.165) is 30.6 Å². The molecule has 0 spiro atoms. The minimum absolute atomic E-state index is 0.391. The number of nitrogens with two attached hydrogens (primary N) is 1. The lowest BCUT2D eigenvalue weighted by Crippen LogP contribution is -2.15. The highest BCUT2D eigenvalue weighted by atomic mass is 35.5. The number of imidazole rings is 1. The van der Waals surface area contributed by atoms with E-state index in [9.17, 15) is 0 Å². The van der Waals surface area contributed by atoms with Crippen LogP contribution in [0.1, 0.15) is 29.3 Å².